The molecular weight excluding hydrogens is 810 g/mol. The van der Waals surface area contributed by atoms with Crippen molar-refractivity contribution >= 4 is 43.6 Å². The molecule has 4 aromatic heterocycles. The van der Waals surface area contributed by atoms with Gasteiger partial charge in [0.2, 0.25) is 0 Å². The van der Waals surface area contributed by atoms with E-state index >= 15 is 0 Å². The number of pyridine rings is 1. The van der Waals surface area contributed by atoms with Crippen LogP contribution in [0.3, 0.4) is 0 Å². The van der Waals surface area contributed by atoms with Crippen LogP contribution in [0, 0.1) is 26.0 Å². The van der Waals surface area contributed by atoms with Crippen molar-refractivity contribution in [1.29, 1.82) is 0 Å². The van der Waals surface area contributed by atoms with E-state index in [0.717, 1.165) is 63.2 Å². The van der Waals surface area contributed by atoms with Gasteiger partial charge in [0.1, 0.15) is 5.82 Å². The molecule has 252 valence electrons. The molecule has 51 heavy (non-hydrogen) atoms. The first-order valence-electron chi connectivity index (χ1n) is 17.2. The molecule has 9 rings (SSSR count). The molecule has 0 aliphatic heterocycles. The maximum atomic E-state index is 6.42. The molecular formula is C44H35N5OPt. The molecule has 0 N–H and O–H groups in total. The number of rotatable bonds is 7. The molecule has 0 radical (unpaired) electrons. The number of nitrogens with zero attached hydrogens (tertiary/aromatic N) is 5. The molecule has 0 bridgehead atoms. The summed E-state index contributed by atoms with van der Waals surface area (Å²) in [5.74, 6) is 2.01. The number of aryl methyl sites for hydroxylation is 4. The minimum absolute atomic E-state index is 0. The second-order valence-corrected chi connectivity index (χ2v) is 12.8. The molecule has 0 saturated carbocycles. The molecule has 4 heterocycles. The number of para-hydroxylation sites is 3. The minimum atomic E-state index is 0. The molecule has 6 nitrogen and oxygen atoms in total. The Balaban J connectivity index is 0.00000374. The van der Waals surface area contributed by atoms with Gasteiger partial charge >= 0.3 is 21.1 Å². The Hall–Kier alpha value is -5.45. The van der Waals surface area contributed by atoms with Crippen LogP contribution < -0.4 is 4.74 Å². The monoisotopic (exact) mass is 844 g/mol. The summed E-state index contributed by atoms with van der Waals surface area (Å²) in [6.07, 6.45) is 3.81. The number of ether oxygens (including phenoxy) is 1. The fourth-order valence-corrected chi connectivity index (χ4v) is 7.54. The van der Waals surface area contributed by atoms with Gasteiger partial charge in [-0.05, 0) is 67.1 Å². The predicted octanol–water partition coefficient (Wildman–Crippen LogP) is 10.6. The van der Waals surface area contributed by atoms with E-state index < -0.39 is 0 Å². The fourth-order valence-electron chi connectivity index (χ4n) is 7.54. The van der Waals surface area contributed by atoms with Gasteiger partial charge < -0.3 is 13.9 Å². The third kappa shape index (κ3) is 5.37. The summed E-state index contributed by atoms with van der Waals surface area (Å²) in [7, 11) is 0. The summed E-state index contributed by atoms with van der Waals surface area (Å²) in [6.45, 7) is 8.50. The van der Waals surface area contributed by atoms with Crippen molar-refractivity contribution in [3.63, 3.8) is 0 Å². The van der Waals surface area contributed by atoms with Gasteiger partial charge in [0, 0.05) is 45.7 Å². The Morgan fingerprint density at radius 2 is 1.33 bits per heavy atom. The second-order valence-electron chi connectivity index (χ2n) is 12.8. The smallest absolute Gasteiger partial charge is 0.509 e. The zero-order valence-corrected chi connectivity index (χ0v) is 31.1. The van der Waals surface area contributed by atoms with Crippen LogP contribution in [-0.2, 0) is 33.9 Å². The molecule has 0 atom stereocenters. The van der Waals surface area contributed by atoms with Gasteiger partial charge in [0.25, 0.3) is 0 Å². The van der Waals surface area contributed by atoms with Crippen molar-refractivity contribution in [2.75, 3.05) is 0 Å². The fraction of sp³-hybridized carbons (Fsp3) is 0.136. The van der Waals surface area contributed by atoms with E-state index in [4.69, 9.17) is 9.72 Å². The average Bonchev–Trinajstić information content (AvgIpc) is 3.79. The van der Waals surface area contributed by atoms with E-state index in [1.165, 1.54) is 32.9 Å². The maximum absolute atomic E-state index is 6.42. The summed E-state index contributed by atoms with van der Waals surface area (Å²) >= 11 is 0. The first kappa shape index (κ1) is 32.7. The van der Waals surface area contributed by atoms with Crippen LogP contribution in [0.4, 0.5) is 0 Å². The molecule has 7 heteroatoms. The van der Waals surface area contributed by atoms with Crippen LogP contribution in [0.1, 0.15) is 36.4 Å². The number of aromatic nitrogens is 5. The van der Waals surface area contributed by atoms with Crippen LogP contribution >= 0.6 is 0 Å². The van der Waals surface area contributed by atoms with Crippen LogP contribution in [0.2, 0.25) is 0 Å². The SMILES string of the molecule is CCc1cccc2c3cccc(CC)c3n(-c3ccnc(-n4c5[c-]c(Oc6[c-]c(-n7nc(C)cc7C)ccc6)ccc5c5ccccc54)c3)c12.[Pt+2]. The van der Waals surface area contributed by atoms with E-state index in [9.17, 15) is 0 Å². The average molecular weight is 845 g/mol. The van der Waals surface area contributed by atoms with Crippen molar-refractivity contribution in [2.45, 2.75) is 40.5 Å². The zero-order chi connectivity index (χ0) is 33.9. The zero-order valence-electron chi connectivity index (χ0n) is 28.8. The number of hydrogen-bond donors (Lipinski definition) is 0. The Labute approximate surface area is 311 Å². The second kappa shape index (κ2) is 13.0. The van der Waals surface area contributed by atoms with E-state index in [1.807, 2.05) is 49.0 Å². The molecule has 9 aromatic rings. The minimum Gasteiger partial charge on any atom is -0.509 e. The summed E-state index contributed by atoms with van der Waals surface area (Å²) in [5, 5.41) is 9.40. The van der Waals surface area contributed by atoms with Gasteiger partial charge in [-0.25, -0.2) is 4.98 Å². The Morgan fingerprint density at radius 3 is 2.04 bits per heavy atom. The Morgan fingerprint density at radius 1 is 0.647 bits per heavy atom. The van der Waals surface area contributed by atoms with Gasteiger partial charge in [-0.15, -0.1) is 35.7 Å². The van der Waals surface area contributed by atoms with Crippen molar-refractivity contribution in [2.24, 2.45) is 0 Å². The molecule has 0 aliphatic rings. The topological polar surface area (TPSA) is 49.8 Å². The van der Waals surface area contributed by atoms with Crippen molar-refractivity contribution in [3.8, 4) is 28.7 Å². The summed E-state index contributed by atoms with van der Waals surface area (Å²) in [5.41, 5.74) is 11.0. The van der Waals surface area contributed by atoms with E-state index in [0.29, 0.717) is 11.5 Å². The normalized spacial score (nSPS) is 11.5. The quantitative estimate of drug-likeness (QED) is 0.150. The maximum Gasteiger partial charge on any atom is 2.00 e. The first-order chi connectivity index (χ1) is 24.5. The first-order valence-corrected chi connectivity index (χ1v) is 17.2. The van der Waals surface area contributed by atoms with Crippen LogP contribution in [0.25, 0.3) is 60.8 Å². The Bertz CT molecular complexity index is 2690. The standard InChI is InChI=1S/C44H35N5O.Pt/c1-5-30-12-9-17-38-39-18-10-13-31(6-2)44(39)47(43(30)38)32-22-23-45-42(26-32)48-40-19-8-7-16-36(40)37-21-20-35(27-41(37)48)50-34-15-11-14-33(25-34)49-29(4)24-28(3)46-49;/h7-24,26H,5-6H2,1-4H3;/q-2;+2. The largest absolute Gasteiger partial charge is 2.00 e. The van der Waals surface area contributed by atoms with Crippen molar-refractivity contribution < 1.29 is 25.8 Å². The molecule has 0 amide bonds. The van der Waals surface area contributed by atoms with Gasteiger partial charge in [-0.1, -0.05) is 74.0 Å². The van der Waals surface area contributed by atoms with E-state index in [1.54, 1.807) is 0 Å². The number of hydrogen-bond acceptors (Lipinski definition) is 3. The molecule has 0 saturated heterocycles. The number of fused-ring (bicyclic) bond motifs is 6. The van der Waals surface area contributed by atoms with Crippen molar-refractivity contribution in [1.82, 2.24) is 23.9 Å². The van der Waals surface area contributed by atoms with Gasteiger partial charge in [0.05, 0.1) is 22.4 Å². The van der Waals surface area contributed by atoms with E-state index in [2.05, 4.69) is 125 Å². The van der Waals surface area contributed by atoms with Gasteiger partial charge in [-0.3, -0.25) is 4.68 Å². The summed E-state index contributed by atoms with van der Waals surface area (Å²) < 4.78 is 13.0. The molecule has 0 spiro atoms. The van der Waals surface area contributed by atoms with Gasteiger partial charge in [0.15, 0.2) is 0 Å². The van der Waals surface area contributed by atoms with Crippen LogP contribution in [0.15, 0.2) is 115 Å². The molecule has 0 aliphatic carbocycles. The predicted molar refractivity (Wildman–Crippen MR) is 202 cm³/mol. The van der Waals surface area contributed by atoms with Crippen molar-refractivity contribution in [3.05, 3.63) is 150 Å². The number of benzene rings is 5. The Kier molecular flexibility index (Phi) is 8.36. The van der Waals surface area contributed by atoms with Crippen LogP contribution in [-0.4, -0.2) is 23.9 Å². The molecule has 0 unspecified atom stereocenters. The third-order valence-corrected chi connectivity index (χ3v) is 9.72. The molecule has 5 aromatic carbocycles. The molecule has 0 fully saturated rings. The summed E-state index contributed by atoms with van der Waals surface area (Å²) in [4.78, 5) is 4.98. The third-order valence-electron chi connectivity index (χ3n) is 9.72. The van der Waals surface area contributed by atoms with Gasteiger partial charge in [-0.2, -0.15) is 17.2 Å². The van der Waals surface area contributed by atoms with E-state index in [-0.39, 0.29) is 21.1 Å². The summed E-state index contributed by atoms with van der Waals surface area (Å²) in [6, 6.07) is 45.2. The van der Waals surface area contributed by atoms with Crippen LogP contribution in [0.5, 0.6) is 11.5 Å².